The Morgan fingerprint density at radius 2 is 2.33 bits per heavy atom. The third-order valence-corrected chi connectivity index (χ3v) is 1.48. The van der Waals surface area contributed by atoms with E-state index >= 15 is 0 Å². The van der Waals surface area contributed by atoms with Gasteiger partial charge < -0.3 is 9.88 Å². The number of anilines is 1. The fraction of sp³-hybridized carbons (Fsp3) is 0.500. The molecule has 0 unspecified atom stereocenters. The minimum absolute atomic E-state index is 0.00583. The summed E-state index contributed by atoms with van der Waals surface area (Å²) in [7, 11) is 1.86. The lowest BCUT2D eigenvalue weighted by Gasteiger charge is -2.03. The highest BCUT2D eigenvalue weighted by molar-refractivity contribution is 5.90. The highest BCUT2D eigenvalue weighted by Crippen LogP contribution is 2.03. The summed E-state index contributed by atoms with van der Waals surface area (Å²) in [5, 5.41) is 2.69. The lowest BCUT2D eigenvalue weighted by Crippen LogP contribution is -2.17. The third-order valence-electron chi connectivity index (χ3n) is 1.48. The minimum Gasteiger partial charge on any atom is -0.338 e. The molecular weight excluding hydrogens is 154 g/mol. The van der Waals surface area contributed by atoms with Crippen LogP contribution in [0.2, 0.25) is 0 Å². The molecule has 66 valence electrons. The Morgan fingerprint density at radius 1 is 1.67 bits per heavy atom. The molecule has 0 bridgehead atoms. The van der Waals surface area contributed by atoms with Crippen LogP contribution in [0.3, 0.4) is 0 Å². The molecule has 12 heavy (non-hydrogen) atoms. The minimum atomic E-state index is -0.00740. The van der Waals surface area contributed by atoms with Crippen LogP contribution in [0.25, 0.3) is 0 Å². The number of nitrogens with zero attached hydrogens (tertiary/aromatic N) is 2. The van der Waals surface area contributed by atoms with Gasteiger partial charge in [-0.2, -0.15) is 0 Å². The second-order valence-corrected chi connectivity index (χ2v) is 3.07. The molecule has 1 rings (SSSR count). The number of hydrogen-bond donors (Lipinski definition) is 1. The molecule has 1 amide bonds. The molecule has 1 heterocycles. The van der Waals surface area contributed by atoms with Gasteiger partial charge in [-0.3, -0.25) is 4.79 Å². The summed E-state index contributed by atoms with van der Waals surface area (Å²) in [5.41, 5.74) is 0. The molecule has 1 aromatic heterocycles. The quantitative estimate of drug-likeness (QED) is 0.714. The van der Waals surface area contributed by atoms with Crippen LogP contribution in [0.15, 0.2) is 12.5 Å². The second kappa shape index (κ2) is 3.38. The van der Waals surface area contributed by atoms with Crippen molar-refractivity contribution >= 4 is 11.7 Å². The number of hydrogen-bond acceptors (Lipinski definition) is 2. The smallest absolute Gasteiger partial charge is 0.228 e. The summed E-state index contributed by atoms with van der Waals surface area (Å²) in [4.78, 5) is 15.1. The molecular formula is C8H13N3O. The second-order valence-electron chi connectivity index (χ2n) is 3.07. The lowest BCUT2D eigenvalue weighted by molar-refractivity contribution is -0.118. The first-order valence-electron chi connectivity index (χ1n) is 3.88. The Bertz CT molecular complexity index is 278. The fourth-order valence-corrected chi connectivity index (χ4v) is 0.748. The largest absolute Gasteiger partial charge is 0.338 e. The Balaban J connectivity index is 2.58. The van der Waals surface area contributed by atoms with Gasteiger partial charge in [-0.1, -0.05) is 13.8 Å². The van der Waals surface area contributed by atoms with Crippen molar-refractivity contribution in [2.24, 2.45) is 13.0 Å². The number of carbonyl (C=O) groups excluding carboxylic acids is 1. The molecule has 4 nitrogen and oxygen atoms in total. The van der Waals surface area contributed by atoms with E-state index in [4.69, 9.17) is 0 Å². The maximum atomic E-state index is 11.2. The van der Waals surface area contributed by atoms with Crippen molar-refractivity contribution in [3.63, 3.8) is 0 Å². The zero-order valence-corrected chi connectivity index (χ0v) is 7.53. The van der Waals surface area contributed by atoms with E-state index in [9.17, 15) is 4.79 Å². The van der Waals surface area contributed by atoms with Crippen molar-refractivity contribution in [1.29, 1.82) is 0 Å². The van der Waals surface area contributed by atoms with Crippen LogP contribution < -0.4 is 5.32 Å². The van der Waals surface area contributed by atoms with Crippen LogP contribution in [0, 0.1) is 5.92 Å². The first-order chi connectivity index (χ1) is 5.59. The molecule has 0 saturated carbocycles. The summed E-state index contributed by atoms with van der Waals surface area (Å²) < 4.78 is 1.79. The van der Waals surface area contributed by atoms with Gasteiger partial charge in [0.25, 0.3) is 0 Å². The van der Waals surface area contributed by atoms with E-state index in [-0.39, 0.29) is 11.8 Å². The molecule has 0 aliphatic heterocycles. The molecule has 4 heteroatoms. The van der Waals surface area contributed by atoms with Crippen molar-refractivity contribution in [3.8, 4) is 0 Å². The van der Waals surface area contributed by atoms with Gasteiger partial charge in [0.2, 0.25) is 5.91 Å². The van der Waals surface area contributed by atoms with Crippen molar-refractivity contribution < 1.29 is 4.79 Å². The molecule has 0 radical (unpaired) electrons. The van der Waals surface area contributed by atoms with Crippen molar-refractivity contribution in [2.75, 3.05) is 5.32 Å². The van der Waals surface area contributed by atoms with Crippen LogP contribution in [0.4, 0.5) is 5.82 Å². The first kappa shape index (κ1) is 8.77. The molecule has 0 atom stereocenters. The van der Waals surface area contributed by atoms with E-state index in [1.54, 1.807) is 17.1 Å². The van der Waals surface area contributed by atoms with Gasteiger partial charge in [0, 0.05) is 19.2 Å². The number of rotatable bonds is 2. The van der Waals surface area contributed by atoms with Crippen molar-refractivity contribution in [2.45, 2.75) is 13.8 Å². The molecule has 0 fully saturated rings. The van der Waals surface area contributed by atoms with Gasteiger partial charge in [-0.05, 0) is 0 Å². The van der Waals surface area contributed by atoms with Crippen LogP contribution >= 0.6 is 0 Å². The highest BCUT2D eigenvalue weighted by Gasteiger charge is 2.07. The predicted molar refractivity (Wildman–Crippen MR) is 46.7 cm³/mol. The van der Waals surface area contributed by atoms with E-state index in [1.807, 2.05) is 20.9 Å². The molecule has 0 aliphatic rings. The number of aromatic nitrogens is 2. The summed E-state index contributed by atoms with van der Waals surface area (Å²) >= 11 is 0. The number of imidazole rings is 1. The van der Waals surface area contributed by atoms with Crippen molar-refractivity contribution in [3.05, 3.63) is 12.5 Å². The molecule has 1 N–H and O–H groups in total. The van der Waals surface area contributed by atoms with Crippen LogP contribution in [0.1, 0.15) is 13.8 Å². The van der Waals surface area contributed by atoms with E-state index in [2.05, 4.69) is 10.3 Å². The third kappa shape index (κ3) is 2.08. The Kier molecular flexibility index (Phi) is 2.47. The van der Waals surface area contributed by atoms with Gasteiger partial charge >= 0.3 is 0 Å². The summed E-state index contributed by atoms with van der Waals surface area (Å²) in [6.45, 7) is 3.69. The molecule has 0 aliphatic carbocycles. The molecule has 0 aromatic carbocycles. The van der Waals surface area contributed by atoms with Crippen LogP contribution in [-0.4, -0.2) is 15.5 Å². The van der Waals surface area contributed by atoms with Crippen LogP contribution in [0.5, 0.6) is 0 Å². The maximum Gasteiger partial charge on any atom is 0.228 e. The van der Waals surface area contributed by atoms with Gasteiger partial charge in [-0.25, -0.2) is 4.98 Å². The standard InChI is InChI=1S/C8H13N3O/c1-6(2)8(12)10-7-4-11(3)5-9-7/h4-6H,1-3H3,(H,10,12). The Hall–Kier alpha value is -1.32. The number of aryl methyl sites for hydroxylation is 1. The van der Waals surface area contributed by atoms with Crippen molar-refractivity contribution in [1.82, 2.24) is 9.55 Å². The molecule has 1 aromatic rings. The van der Waals surface area contributed by atoms with E-state index in [1.165, 1.54) is 0 Å². The topological polar surface area (TPSA) is 46.9 Å². The highest BCUT2D eigenvalue weighted by atomic mass is 16.1. The zero-order chi connectivity index (χ0) is 9.14. The normalized spacial score (nSPS) is 10.3. The average Bonchev–Trinajstić information content (AvgIpc) is 2.35. The number of amides is 1. The van der Waals surface area contributed by atoms with Gasteiger partial charge in [-0.15, -0.1) is 0 Å². The van der Waals surface area contributed by atoms with Crippen LogP contribution in [-0.2, 0) is 11.8 Å². The van der Waals surface area contributed by atoms with Gasteiger partial charge in [0.15, 0.2) is 5.82 Å². The SMILES string of the molecule is CC(C)C(=O)Nc1cn(C)cn1. The van der Waals surface area contributed by atoms with Gasteiger partial charge in [0.05, 0.1) is 6.33 Å². The van der Waals surface area contributed by atoms with Gasteiger partial charge in [0.1, 0.15) is 0 Å². The summed E-state index contributed by atoms with van der Waals surface area (Å²) in [6, 6.07) is 0. The lowest BCUT2D eigenvalue weighted by atomic mass is 10.2. The molecule has 0 spiro atoms. The average molecular weight is 167 g/mol. The Morgan fingerprint density at radius 3 is 2.75 bits per heavy atom. The summed E-state index contributed by atoms with van der Waals surface area (Å²) in [5.74, 6) is 0.594. The Labute approximate surface area is 71.6 Å². The predicted octanol–water partition coefficient (Wildman–Crippen LogP) is 1.01. The monoisotopic (exact) mass is 167 g/mol. The van der Waals surface area contributed by atoms with E-state index < -0.39 is 0 Å². The fourth-order valence-electron chi connectivity index (χ4n) is 0.748. The zero-order valence-electron chi connectivity index (χ0n) is 7.53. The van der Waals surface area contributed by atoms with E-state index in [0.717, 1.165) is 0 Å². The van der Waals surface area contributed by atoms with E-state index in [0.29, 0.717) is 5.82 Å². The number of carbonyl (C=O) groups is 1. The molecule has 0 saturated heterocycles. The first-order valence-corrected chi connectivity index (χ1v) is 3.88. The number of nitrogens with one attached hydrogen (secondary N) is 1. The summed E-state index contributed by atoms with van der Waals surface area (Å²) in [6.07, 6.45) is 3.41. The maximum absolute atomic E-state index is 11.2.